The van der Waals surface area contributed by atoms with Gasteiger partial charge in [-0.25, -0.2) is 4.79 Å². The number of benzene rings is 2. The number of fused-ring (bicyclic) bond motifs is 4. The number of alkyl halides is 2. The third-order valence-electron chi connectivity index (χ3n) is 9.11. The second-order valence-corrected chi connectivity index (χ2v) is 12.4. The van der Waals surface area contributed by atoms with Crippen LogP contribution < -0.4 is 9.64 Å². The highest BCUT2D eigenvalue weighted by Gasteiger charge is 2.75. The Bertz CT molecular complexity index is 1690. The smallest absolute Gasteiger partial charge is 0.335 e. The number of imide groups is 2. The van der Waals surface area contributed by atoms with E-state index in [1.807, 2.05) is 0 Å². The summed E-state index contributed by atoms with van der Waals surface area (Å²) in [7, 11) is 2.72. The van der Waals surface area contributed by atoms with Crippen LogP contribution in [0.4, 0.5) is 5.69 Å². The van der Waals surface area contributed by atoms with Gasteiger partial charge in [-0.1, -0.05) is 35.9 Å². The van der Waals surface area contributed by atoms with Gasteiger partial charge >= 0.3 is 5.97 Å². The molecule has 4 amide bonds. The number of rotatable bonds is 5. The number of carboxylic acids is 1. The zero-order chi connectivity index (χ0) is 31.0. The Kier molecular flexibility index (Phi) is 6.70. The van der Waals surface area contributed by atoms with Crippen molar-refractivity contribution in [3.63, 3.8) is 0 Å². The Balaban J connectivity index is 1.45. The molecule has 1 saturated carbocycles. The summed E-state index contributed by atoms with van der Waals surface area (Å²) in [5.74, 6) is -6.73. The van der Waals surface area contributed by atoms with Crippen LogP contribution in [0.5, 0.6) is 11.5 Å². The molecule has 2 aromatic carbocycles. The van der Waals surface area contributed by atoms with E-state index in [9.17, 15) is 34.2 Å². The summed E-state index contributed by atoms with van der Waals surface area (Å²) in [4.78, 5) is 64.4. The summed E-state index contributed by atoms with van der Waals surface area (Å²) < 4.78 is 5.20. The van der Waals surface area contributed by atoms with Crippen LogP contribution in [0, 0.1) is 23.7 Å². The quantitative estimate of drug-likeness (QED) is 0.290. The van der Waals surface area contributed by atoms with Gasteiger partial charge in [0.2, 0.25) is 11.8 Å². The number of aromatic carboxylic acids is 1. The zero-order valence-corrected chi connectivity index (χ0v) is 24.5. The van der Waals surface area contributed by atoms with E-state index in [-0.39, 0.29) is 35.6 Å². The van der Waals surface area contributed by atoms with E-state index in [4.69, 9.17) is 27.9 Å². The molecule has 2 heterocycles. The Morgan fingerprint density at radius 2 is 1.79 bits per heavy atom. The number of carbonyl (C=O) groups excluding carboxylic acids is 4. The highest BCUT2D eigenvalue weighted by molar-refractivity contribution is 6.53. The highest BCUT2D eigenvalue weighted by Crippen LogP contribution is 2.63. The van der Waals surface area contributed by atoms with E-state index >= 15 is 0 Å². The lowest BCUT2D eigenvalue weighted by atomic mass is 9.57. The predicted octanol–water partition coefficient (Wildman–Crippen LogP) is 3.84. The van der Waals surface area contributed by atoms with Gasteiger partial charge in [-0.3, -0.25) is 29.0 Å². The number of phenolic OH excluding ortho intramolecular Hbond substituents is 1. The van der Waals surface area contributed by atoms with Gasteiger partial charge < -0.3 is 14.9 Å². The second kappa shape index (κ2) is 9.96. The first-order valence-electron chi connectivity index (χ1n) is 13.5. The Morgan fingerprint density at radius 1 is 1.05 bits per heavy atom. The molecule has 12 heteroatoms. The SMILES string of the molecule is COc1cc(C=C[C@H]2C3=CC[C@@H]4C(=O)N(c5cccc(C(=O)O)c5)C(=O)[C@@H]4[C@@H]3C[C@@]3(Cl)C(=O)N(C)C(=O)[C@@]23Cl)ccc1O. The minimum absolute atomic E-state index is 0.0620. The van der Waals surface area contributed by atoms with Gasteiger partial charge in [0.05, 0.1) is 30.2 Å². The van der Waals surface area contributed by atoms with E-state index < -0.39 is 63.0 Å². The molecule has 222 valence electrons. The first-order chi connectivity index (χ1) is 20.3. The van der Waals surface area contributed by atoms with Gasteiger partial charge in [-0.05, 0) is 54.7 Å². The van der Waals surface area contributed by atoms with Crippen molar-refractivity contribution < 1.29 is 38.9 Å². The molecule has 2 aliphatic heterocycles. The molecule has 0 unspecified atom stereocenters. The summed E-state index contributed by atoms with van der Waals surface area (Å²) >= 11 is 14.2. The average molecular weight is 625 g/mol. The molecular weight excluding hydrogens is 599 g/mol. The maximum Gasteiger partial charge on any atom is 0.335 e. The van der Waals surface area contributed by atoms with Gasteiger partial charge in [-0.2, -0.15) is 0 Å². The lowest BCUT2D eigenvalue weighted by molar-refractivity contribution is -0.138. The van der Waals surface area contributed by atoms with Crippen LogP contribution in [-0.2, 0) is 19.2 Å². The first-order valence-corrected chi connectivity index (χ1v) is 14.3. The standard InChI is InChI=1S/C31H26Cl2N2O8/c1-34-28(41)30(32)14-20-18(21(31(30,33)29(34)42)10-6-15-7-11-22(36)23(12-15)43-2)8-9-19-24(20)26(38)35(25(19)37)17-5-3-4-16(13-17)27(39)40/h3-8,10-13,19-21,24,36H,9,14H2,1-2H3,(H,39,40)/t19-,20+,21-,24-,30+,31-/m0/s1. The van der Waals surface area contributed by atoms with Crippen LogP contribution in [0.1, 0.15) is 28.8 Å². The normalized spacial score (nSPS) is 31.7. The van der Waals surface area contributed by atoms with E-state index in [0.717, 1.165) is 9.80 Å². The van der Waals surface area contributed by atoms with E-state index in [2.05, 4.69) is 0 Å². The number of phenols is 1. The lowest BCUT2D eigenvalue weighted by Crippen LogP contribution is -2.60. The van der Waals surface area contributed by atoms with Crippen LogP contribution in [0.3, 0.4) is 0 Å². The summed E-state index contributed by atoms with van der Waals surface area (Å²) in [6, 6.07) is 10.2. The summed E-state index contributed by atoms with van der Waals surface area (Å²) in [5, 5.41) is 19.4. The summed E-state index contributed by atoms with van der Waals surface area (Å²) in [6.45, 7) is 0. The summed E-state index contributed by atoms with van der Waals surface area (Å²) in [6.07, 6.45) is 5.16. The van der Waals surface area contributed by atoms with Crippen molar-refractivity contribution in [1.29, 1.82) is 0 Å². The summed E-state index contributed by atoms with van der Waals surface area (Å²) in [5.41, 5.74) is 1.28. The number of ether oxygens (including phenoxy) is 1. The Hall–Kier alpha value is -4.15. The molecule has 10 nitrogen and oxygen atoms in total. The molecule has 0 radical (unpaired) electrons. The van der Waals surface area contributed by atoms with Crippen LogP contribution >= 0.6 is 23.2 Å². The van der Waals surface area contributed by atoms with Crippen molar-refractivity contribution in [3.05, 3.63) is 71.3 Å². The number of nitrogens with zero attached hydrogens (tertiary/aromatic N) is 2. The number of allylic oxidation sites excluding steroid dienone is 3. The maximum atomic E-state index is 14.0. The lowest BCUT2D eigenvalue weighted by Gasteiger charge is -2.49. The fourth-order valence-electron chi connectivity index (χ4n) is 7.03. The third kappa shape index (κ3) is 3.96. The monoisotopic (exact) mass is 624 g/mol. The number of hydrogen-bond acceptors (Lipinski definition) is 7. The number of aromatic hydroxyl groups is 1. The Labute approximate surface area is 256 Å². The van der Waals surface area contributed by atoms with Crippen molar-refractivity contribution in [2.45, 2.75) is 22.6 Å². The van der Waals surface area contributed by atoms with E-state index in [1.54, 1.807) is 30.4 Å². The fraction of sp³-hybridized carbons (Fsp3) is 0.323. The molecule has 6 rings (SSSR count). The number of carboxylic acid groups (broad SMARTS) is 1. The molecule has 2 saturated heterocycles. The number of carbonyl (C=O) groups is 5. The largest absolute Gasteiger partial charge is 0.504 e. The number of hydrogen-bond donors (Lipinski definition) is 2. The van der Waals surface area contributed by atoms with Gasteiger partial charge in [0.25, 0.3) is 11.8 Å². The topological polar surface area (TPSA) is 142 Å². The van der Waals surface area contributed by atoms with Crippen molar-refractivity contribution in [1.82, 2.24) is 4.90 Å². The third-order valence-corrected chi connectivity index (χ3v) is 10.5. The molecule has 3 fully saturated rings. The number of anilines is 1. The molecule has 6 atom stereocenters. The predicted molar refractivity (Wildman–Crippen MR) is 156 cm³/mol. The minimum Gasteiger partial charge on any atom is -0.504 e. The fourth-order valence-corrected chi connectivity index (χ4v) is 8.00. The van der Waals surface area contributed by atoms with Gasteiger partial charge in [-0.15, -0.1) is 23.2 Å². The van der Waals surface area contributed by atoms with Crippen molar-refractivity contribution in [3.8, 4) is 11.5 Å². The second-order valence-electron chi connectivity index (χ2n) is 11.2. The molecule has 2 N–H and O–H groups in total. The average Bonchev–Trinajstić information content (AvgIpc) is 3.32. The van der Waals surface area contributed by atoms with Crippen molar-refractivity contribution in [2.24, 2.45) is 23.7 Å². The van der Waals surface area contributed by atoms with Crippen LogP contribution in [0.25, 0.3) is 6.08 Å². The van der Waals surface area contributed by atoms with Gasteiger partial charge in [0.1, 0.15) is 0 Å². The number of likely N-dealkylation sites (tertiary alicyclic amines) is 1. The highest BCUT2D eigenvalue weighted by atomic mass is 35.5. The van der Waals surface area contributed by atoms with Gasteiger partial charge in [0, 0.05) is 13.0 Å². The van der Waals surface area contributed by atoms with Crippen LogP contribution in [0.2, 0.25) is 0 Å². The van der Waals surface area contributed by atoms with E-state index in [0.29, 0.717) is 11.1 Å². The van der Waals surface area contributed by atoms with Crippen molar-refractivity contribution >= 4 is 64.6 Å². The van der Waals surface area contributed by atoms with Crippen molar-refractivity contribution in [2.75, 3.05) is 19.1 Å². The molecule has 0 aromatic heterocycles. The first kappa shape index (κ1) is 28.9. The maximum absolute atomic E-state index is 14.0. The van der Waals surface area contributed by atoms with Crippen LogP contribution in [-0.4, -0.2) is 68.6 Å². The number of methoxy groups -OCH3 is 1. The molecule has 2 aliphatic carbocycles. The molecule has 2 aromatic rings. The molecule has 0 spiro atoms. The Morgan fingerprint density at radius 3 is 2.49 bits per heavy atom. The molecule has 0 bridgehead atoms. The van der Waals surface area contributed by atoms with Gasteiger partial charge in [0.15, 0.2) is 21.2 Å². The number of halogens is 2. The molecular formula is C31H26Cl2N2O8. The zero-order valence-electron chi connectivity index (χ0n) is 23.0. The molecule has 43 heavy (non-hydrogen) atoms. The van der Waals surface area contributed by atoms with E-state index in [1.165, 1.54) is 44.5 Å². The number of amides is 4. The van der Waals surface area contributed by atoms with Crippen LogP contribution in [0.15, 0.2) is 60.2 Å². The minimum atomic E-state index is -1.91. The molecule has 4 aliphatic rings.